The van der Waals surface area contributed by atoms with Crippen LogP contribution in [0.3, 0.4) is 0 Å². The minimum atomic E-state index is 0.0661. The first-order chi connectivity index (χ1) is 16.0. The number of amides is 1. The number of nitrogens with zero attached hydrogens (tertiary/aromatic N) is 1. The number of hydrogen-bond acceptors (Lipinski definition) is 4. The Kier molecular flexibility index (Phi) is 6.98. The van der Waals surface area contributed by atoms with Gasteiger partial charge in [0.25, 0.3) is 5.91 Å². The summed E-state index contributed by atoms with van der Waals surface area (Å²) in [5.41, 5.74) is 4.23. The zero-order valence-corrected chi connectivity index (χ0v) is 20.9. The van der Waals surface area contributed by atoms with Gasteiger partial charge in [0.05, 0.1) is 4.91 Å². The minimum Gasteiger partial charge on any atom is -0.396 e. The van der Waals surface area contributed by atoms with Crippen molar-refractivity contribution in [2.45, 2.75) is 57.4 Å². The average molecular weight is 501 g/mol. The quantitative estimate of drug-likeness (QED) is 0.249. The van der Waals surface area contributed by atoms with Crippen LogP contribution in [0.5, 0.6) is 0 Å². The van der Waals surface area contributed by atoms with Crippen molar-refractivity contribution >= 4 is 51.9 Å². The molecule has 33 heavy (non-hydrogen) atoms. The highest BCUT2D eigenvalue weighted by Gasteiger charge is 2.48. The Balaban J connectivity index is 1.41. The summed E-state index contributed by atoms with van der Waals surface area (Å²) in [4.78, 5) is 19.6. The molecule has 2 heterocycles. The number of thioether (sulfide) groups is 1. The molecule has 3 aliphatic rings. The van der Waals surface area contributed by atoms with Crippen molar-refractivity contribution in [3.05, 3.63) is 51.5 Å². The molecule has 2 N–H and O–H groups in total. The highest BCUT2D eigenvalue weighted by molar-refractivity contribution is 8.26. The number of aliphatic hydroxyl groups is 1. The van der Waals surface area contributed by atoms with Crippen LogP contribution in [0, 0.1) is 11.8 Å². The van der Waals surface area contributed by atoms with Gasteiger partial charge in [0.1, 0.15) is 4.32 Å². The van der Waals surface area contributed by atoms with Crippen molar-refractivity contribution in [3.8, 4) is 11.3 Å². The van der Waals surface area contributed by atoms with Gasteiger partial charge in [-0.1, -0.05) is 60.6 Å². The summed E-state index contributed by atoms with van der Waals surface area (Å²) < 4.78 is 0.706. The van der Waals surface area contributed by atoms with Gasteiger partial charge >= 0.3 is 0 Å². The van der Waals surface area contributed by atoms with Crippen LogP contribution in [-0.4, -0.2) is 37.9 Å². The highest BCUT2D eigenvalue weighted by atomic mass is 35.5. The molecule has 0 radical (unpaired) electrons. The van der Waals surface area contributed by atoms with Crippen molar-refractivity contribution in [1.82, 2.24) is 9.88 Å². The van der Waals surface area contributed by atoms with E-state index in [1.54, 1.807) is 0 Å². The van der Waals surface area contributed by atoms with Gasteiger partial charge in [0, 0.05) is 29.1 Å². The summed E-state index contributed by atoms with van der Waals surface area (Å²) >= 11 is 13.2. The number of thiocarbonyl (C=S) groups is 1. The van der Waals surface area contributed by atoms with Gasteiger partial charge in [-0.25, -0.2) is 0 Å². The first-order valence-corrected chi connectivity index (χ1v) is 13.5. The molecule has 2 bridgehead atoms. The topological polar surface area (TPSA) is 56.3 Å². The molecule has 5 rings (SSSR count). The Hall–Kier alpha value is -1.60. The number of aryl methyl sites for hydroxylation is 1. The summed E-state index contributed by atoms with van der Waals surface area (Å²) in [7, 11) is 0. The molecule has 1 amide bonds. The normalized spacial score (nSPS) is 25.7. The van der Waals surface area contributed by atoms with E-state index < -0.39 is 0 Å². The second kappa shape index (κ2) is 9.95. The molecule has 7 heteroatoms. The summed E-state index contributed by atoms with van der Waals surface area (Å²) in [6.45, 7) is 0.224. The molecule has 3 fully saturated rings. The number of benzene rings is 1. The van der Waals surface area contributed by atoms with Crippen LogP contribution in [0.4, 0.5) is 0 Å². The Labute approximate surface area is 209 Å². The van der Waals surface area contributed by atoms with E-state index in [0.29, 0.717) is 20.2 Å². The maximum atomic E-state index is 13.4. The fourth-order valence-corrected chi connectivity index (χ4v) is 7.14. The lowest BCUT2D eigenvalue weighted by Gasteiger charge is -2.30. The third-order valence-electron chi connectivity index (χ3n) is 7.32. The molecule has 3 unspecified atom stereocenters. The first-order valence-electron chi connectivity index (χ1n) is 11.9. The zero-order chi connectivity index (χ0) is 22.9. The molecule has 2 aromatic rings. The standard InChI is InChI=1S/C26H29ClN2O2S2/c27-20-9-7-17(8-10-20)21-14-18(4-2-1-3-11-30)22(28-21)15-24-25(31)29(26(32)33-24)23-13-16-5-6-19(23)12-16/h7-10,14-16,19,23,28,30H,1-6,11-13H2/b24-15-. The molecule has 1 aliphatic heterocycles. The summed E-state index contributed by atoms with van der Waals surface area (Å²) in [5, 5.41) is 9.81. The van der Waals surface area contributed by atoms with E-state index in [2.05, 4.69) is 11.1 Å². The second-order valence-corrected chi connectivity index (χ2v) is 11.6. The zero-order valence-electron chi connectivity index (χ0n) is 18.6. The molecule has 2 saturated carbocycles. The summed E-state index contributed by atoms with van der Waals surface area (Å²) in [6.07, 6.45) is 10.5. The van der Waals surface area contributed by atoms with Gasteiger partial charge in [-0.3, -0.25) is 9.69 Å². The molecule has 2 aliphatic carbocycles. The maximum absolute atomic E-state index is 13.4. The lowest BCUT2D eigenvalue weighted by Crippen LogP contribution is -2.41. The van der Waals surface area contributed by atoms with Crippen molar-refractivity contribution in [2.75, 3.05) is 6.61 Å². The van der Waals surface area contributed by atoms with Crippen LogP contribution in [-0.2, 0) is 11.2 Å². The molecule has 1 aromatic heterocycles. The Morgan fingerprint density at radius 1 is 1.18 bits per heavy atom. The fourth-order valence-electron chi connectivity index (χ4n) is 5.66. The third-order valence-corrected chi connectivity index (χ3v) is 8.91. The lowest BCUT2D eigenvalue weighted by atomic mass is 9.94. The van der Waals surface area contributed by atoms with Crippen LogP contribution in [0.2, 0.25) is 5.02 Å². The predicted molar refractivity (Wildman–Crippen MR) is 140 cm³/mol. The van der Waals surface area contributed by atoms with Gasteiger partial charge in [0.2, 0.25) is 0 Å². The van der Waals surface area contributed by atoms with Gasteiger partial charge < -0.3 is 10.1 Å². The number of carbonyl (C=O) groups is 1. The summed E-state index contributed by atoms with van der Waals surface area (Å²) in [6, 6.07) is 10.2. The molecule has 3 atom stereocenters. The van der Waals surface area contributed by atoms with Crippen molar-refractivity contribution in [2.24, 2.45) is 11.8 Å². The molecule has 174 valence electrons. The van der Waals surface area contributed by atoms with Crippen LogP contribution >= 0.6 is 35.6 Å². The number of hydrogen-bond donors (Lipinski definition) is 2. The Morgan fingerprint density at radius 2 is 2.00 bits per heavy atom. The van der Waals surface area contributed by atoms with Crippen molar-refractivity contribution in [1.29, 1.82) is 0 Å². The monoisotopic (exact) mass is 500 g/mol. The van der Waals surface area contributed by atoms with Gasteiger partial charge in [-0.15, -0.1) is 0 Å². The molecule has 1 saturated heterocycles. The number of aromatic amines is 1. The molecule has 0 spiro atoms. The van der Waals surface area contributed by atoms with Crippen LogP contribution in [0.1, 0.15) is 56.2 Å². The Bertz CT molecular complexity index is 1080. The van der Waals surface area contributed by atoms with E-state index in [9.17, 15) is 4.79 Å². The second-order valence-electron chi connectivity index (χ2n) is 9.46. The largest absolute Gasteiger partial charge is 0.396 e. The number of fused-ring (bicyclic) bond motifs is 2. The average Bonchev–Trinajstić information content (AvgIpc) is 3.57. The third kappa shape index (κ3) is 4.81. The number of nitrogens with one attached hydrogen (secondary N) is 1. The van der Waals surface area contributed by atoms with E-state index >= 15 is 0 Å². The SMILES string of the molecule is O=C1/C(=C/c2[nH]c(-c3ccc(Cl)cc3)cc2CCCCCO)SC(=S)N1C1CC2CCC1C2. The number of H-pyrrole nitrogens is 1. The molecular weight excluding hydrogens is 472 g/mol. The van der Waals surface area contributed by atoms with Crippen LogP contribution in [0.15, 0.2) is 35.2 Å². The van der Waals surface area contributed by atoms with E-state index in [4.69, 9.17) is 28.9 Å². The number of aromatic nitrogens is 1. The fraction of sp³-hybridized carbons (Fsp3) is 0.462. The molecule has 4 nitrogen and oxygen atoms in total. The highest BCUT2D eigenvalue weighted by Crippen LogP contribution is 2.49. The Morgan fingerprint density at radius 3 is 2.70 bits per heavy atom. The van der Waals surface area contributed by atoms with E-state index in [1.807, 2.05) is 35.2 Å². The van der Waals surface area contributed by atoms with E-state index in [1.165, 1.54) is 36.6 Å². The molecular formula is C26H29ClN2O2S2. The summed E-state index contributed by atoms with van der Waals surface area (Å²) in [5.74, 6) is 1.45. The van der Waals surface area contributed by atoms with Crippen LogP contribution < -0.4 is 0 Å². The van der Waals surface area contributed by atoms with E-state index in [-0.39, 0.29) is 18.6 Å². The van der Waals surface area contributed by atoms with Crippen molar-refractivity contribution < 1.29 is 9.90 Å². The number of halogens is 1. The van der Waals surface area contributed by atoms with Gasteiger partial charge in [-0.05, 0) is 85.8 Å². The van der Waals surface area contributed by atoms with Crippen molar-refractivity contribution in [3.63, 3.8) is 0 Å². The number of aliphatic hydroxyl groups excluding tert-OH is 1. The van der Waals surface area contributed by atoms with Crippen LogP contribution in [0.25, 0.3) is 17.3 Å². The first kappa shape index (κ1) is 23.2. The number of carbonyl (C=O) groups excluding carboxylic acids is 1. The smallest absolute Gasteiger partial charge is 0.266 e. The van der Waals surface area contributed by atoms with Gasteiger partial charge in [0.15, 0.2) is 0 Å². The predicted octanol–water partition coefficient (Wildman–Crippen LogP) is 6.43. The van der Waals surface area contributed by atoms with Gasteiger partial charge in [-0.2, -0.15) is 0 Å². The minimum absolute atomic E-state index is 0.0661. The molecule has 1 aromatic carbocycles. The lowest BCUT2D eigenvalue weighted by molar-refractivity contribution is -0.124. The maximum Gasteiger partial charge on any atom is 0.266 e. The number of rotatable bonds is 8. The van der Waals surface area contributed by atoms with E-state index in [0.717, 1.165) is 55.0 Å². The number of unbranched alkanes of at least 4 members (excludes halogenated alkanes) is 2.